The molecule has 2 atom stereocenters. The van der Waals surface area contributed by atoms with Crippen LogP contribution in [0.3, 0.4) is 0 Å². The molecular formula is C47H34N2O. The first kappa shape index (κ1) is 27.8. The number of rotatable bonds is 3. The Bertz CT molecular complexity index is 2780. The summed E-state index contributed by atoms with van der Waals surface area (Å²) < 4.78 is 8.96. The van der Waals surface area contributed by atoms with E-state index in [2.05, 4.69) is 168 Å². The lowest BCUT2D eigenvalue weighted by Crippen LogP contribution is -2.44. The van der Waals surface area contributed by atoms with E-state index in [1.165, 1.54) is 66.7 Å². The molecule has 0 saturated carbocycles. The van der Waals surface area contributed by atoms with Crippen LogP contribution in [0.1, 0.15) is 31.0 Å². The molecule has 50 heavy (non-hydrogen) atoms. The van der Waals surface area contributed by atoms with E-state index >= 15 is 0 Å². The quantitative estimate of drug-likeness (QED) is 0.191. The molecule has 0 fully saturated rings. The molecule has 3 nitrogen and oxygen atoms in total. The predicted molar refractivity (Wildman–Crippen MR) is 208 cm³/mol. The monoisotopic (exact) mass is 642 g/mol. The van der Waals surface area contributed by atoms with Crippen LogP contribution in [-0.2, 0) is 5.41 Å². The fourth-order valence-corrected chi connectivity index (χ4v) is 9.38. The highest BCUT2D eigenvalue weighted by Gasteiger charge is 2.53. The average Bonchev–Trinajstić information content (AvgIpc) is 3.80. The van der Waals surface area contributed by atoms with E-state index in [0.717, 1.165) is 34.8 Å². The molecule has 6 aromatic carbocycles. The second-order valence-electron chi connectivity index (χ2n) is 14.1. The van der Waals surface area contributed by atoms with Crippen molar-refractivity contribution in [2.45, 2.75) is 31.2 Å². The summed E-state index contributed by atoms with van der Waals surface area (Å²) in [5.74, 6) is 0. The van der Waals surface area contributed by atoms with Crippen LogP contribution in [0.2, 0.25) is 0 Å². The van der Waals surface area contributed by atoms with Crippen LogP contribution in [0.5, 0.6) is 0 Å². The van der Waals surface area contributed by atoms with Gasteiger partial charge in [-0.1, -0.05) is 109 Å². The molecular weight excluding hydrogens is 609 g/mol. The number of para-hydroxylation sites is 2. The minimum absolute atomic E-state index is 0.114. The summed E-state index contributed by atoms with van der Waals surface area (Å²) in [5, 5.41) is 6.17. The molecule has 0 bridgehead atoms. The van der Waals surface area contributed by atoms with Crippen molar-refractivity contribution in [3.63, 3.8) is 0 Å². The van der Waals surface area contributed by atoms with Gasteiger partial charge in [0.15, 0.2) is 0 Å². The average molecular weight is 643 g/mol. The van der Waals surface area contributed by atoms with Crippen molar-refractivity contribution < 1.29 is 4.42 Å². The zero-order valence-electron chi connectivity index (χ0n) is 27.8. The third kappa shape index (κ3) is 3.69. The molecule has 0 saturated heterocycles. The van der Waals surface area contributed by atoms with E-state index in [-0.39, 0.29) is 11.5 Å². The Morgan fingerprint density at radius 3 is 2.30 bits per heavy atom. The molecule has 2 aromatic heterocycles. The van der Waals surface area contributed by atoms with E-state index in [1.807, 2.05) is 6.07 Å². The van der Waals surface area contributed by atoms with Crippen LogP contribution < -0.4 is 4.90 Å². The summed E-state index contributed by atoms with van der Waals surface area (Å²) in [7, 11) is 0. The number of furan rings is 1. The highest BCUT2D eigenvalue weighted by Crippen LogP contribution is 2.56. The number of nitrogens with zero attached hydrogens (tertiary/aromatic N) is 2. The van der Waals surface area contributed by atoms with Gasteiger partial charge in [-0.05, 0) is 89.7 Å². The van der Waals surface area contributed by atoms with Crippen LogP contribution in [0.15, 0.2) is 167 Å². The molecule has 1 aliphatic heterocycles. The maximum absolute atomic E-state index is 6.41. The summed E-state index contributed by atoms with van der Waals surface area (Å²) >= 11 is 0. The number of allylic oxidation sites excluding steroid dienone is 2. The van der Waals surface area contributed by atoms with Gasteiger partial charge in [-0.3, -0.25) is 0 Å². The lowest BCUT2D eigenvalue weighted by molar-refractivity contribution is 0.481. The Labute approximate surface area is 290 Å². The third-order valence-electron chi connectivity index (χ3n) is 11.6. The summed E-state index contributed by atoms with van der Waals surface area (Å²) in [5.41, 5.74) is 13.2. The first-order valence-corrected chi connectivity index (χ1v) is 17.7. The van der Waals surface area contributed by atoms with Crippen LogP contribution in [0.25, 0.3) is 66.5 Å². The number of aromatic nitrogens is 1. The molecule has 2 unspecified atom stereocenters. The normalized spacial score (nSPS) is 19.5. The van der Waals surface area contributed by atoms with E-state index in [0.29, 0.717) is 0 Å². The van der Waals surface area contributed by atoms with Gasteiger partial charge in [-0.25, -0.2) is 0 Å². The molecule has 8 aromatic rings. The van der Waals surface area contributed by atoms with Gasteiger partial charge < -0.3 is 13.9 Å². The Morgan fingerprint density at radius 1 is 0.660 bits per heavy atom. The maximum Gasteiger partial charge on any atom is 0.137 e. The third-order valence-corrected chi connectivity index (χ3v) is 11.6. The minimum Gasteiger partial charge on any atom is -0.456 e. The molecule has 3 heterocycles. The number of anilines is 1. The number of benzene rings is 6. The van der Waals surface area contributed by atoms with Gasteiger partial charge in [0.1, 0.15) is 11.2 Å². The fraction of sp³-hybridized carbons (Fsp3) is 0.106. The second-order valence-corrected chi connectivity index (χ2v) is 14.1. The van der Waals surface area contributed by atoms with Crippen molar-refractivity contribution in [3.05, 3.63) is 174 Å². The van der Waals surface area contributed by atoms with Crippen molar-refractivity contribution >= 4 is 55.4 Å². The van der Waals surface area contributed by atoms with E-state index in [4.69, 9.17) is 4.42 Å². The van der Waals surface area contributed by atoms with Gasteiger partial charge in [0.25, 0.3) is 0 Å². The van der Waals surface area contributed by atoms with Crippen LogP contribution in [-0.4, -0.2) is 10.6 Å². The van der Waals surface area contributed by atoms with E-state index < -0.39 is 0 Å². The summed E-state index contributed by atoms with van der Waals surface area (Å²) in [6, 6.07) is 48.7. The fourth-order valence-electron chi connectivity index (χ4n) is 9.38. The second kappa shape index (κ2) is 10.2. The Hall–Kier alpha value is -6.06. The van der Waals surface area contributed by atoms with Gasteiger partial charge in [0.2, 0.25) is 0 Å². The van der Waals surface area contributed by atoms with Crippen molar-refractivity contribution in [2.75, 3.05) is 4.90 Å². The first-order chi connectivity index (χ1) is 24.7. The lowest BCUT2D eigenvalue weighted by Gasteiger charge is -2.40. The number of fused-ring (bicyclic) bond motifs is 10. The van der Waals surface area contributed by atoms with Gasteiger partial charge in [-0.2, -0.15) is 0 Å². The van der Waals surface area contributed by atoms with Gasteiger partial charge in [0, 0.05) is 50.6 Å². The minimum atomic E-state index is -0.250. The van der Waals surface area contributed by atoms with Crippen molar-refractivity contribution in [3.8, 4) is 16.8 Å². The zero-order chi connectivity index (χ0) is 33.0. The van der Waals surface area contributed by atoms with Gasteiger partial charge >= 0.3 is 0 Å². The lowest BCUT2D eigenvalue weighted by atomic mass is 9.69. The van der Waals surface area contributed by atoms with Gasteiger partial charge in [-0.15, -0.1) is 0 Å². The molecule has 2 aliphatic carbocycles. The summed E-state index contributed by atoms with van der Waals surface area (Å²) in [6.45, 7) is 2.49. The molecule has 0 amide bonds. The molecule has 3 heteroatoms. The van der Waals surface area contributed by atoms with Crippen molar-refractivity contribution in [1.82, 2.24) is 4.57 Å². The van der Waals surface area contributed by atoms with Crippen LogP contribution in [0.4, 0.5) is 5.69 Å². The number of hydrogen-bond acceptors (Lipinski definition) is 2. The highest BCUT2D eigenvalue weighted by atomic mass is 16.3. The summed E-state index contributed by atoms with van der Waals surface area (Å²) in [6.07, 6.45) is 11.6. The van der Waals surface area contributed by atoms with E-state index in [9.17, 15) is 0 Å². The maximum atomic E-state index is 6.41. The molecule has 0 N–H and O–H groups in total. The first-order valence-electron chi connectivity index (χ1n) is 17.7. The topological polar surface area (TPSA) is 21.3 Å². The van der Waals surface area contributed by atoms with E-state index in [1.54, 1.807) is 0 Å². The van der Waals surface area contributed by atoms with Crippen LogP contribution in [0, 0.1) is 0 Å². The Morgan fingerprint density at radius 2 is 1.40 bits per heavy atom. The van der Waals surface area contributed by atoms with Crippen molar-refractivity contribution in [2.24, 2.45) is 0 Å². The number of hydrogen-bond donors (Lipinski definition) is 0. The van der Waals surface area contributed by atoms with Gasteiger partial charge in [0.05, 0.1) is 17.0 Å². The molecule has 0 spiro atoms. The SMILES string of the molecule is CC12C3=C(C=CCC3)N(c3ccc4c(c3)oc3ccccc34)C1C=Cc1c2n(-c2ccc(-c3cccc4ccccc34)cc2)c2ccccc12. The standard InChI is InChI=1S/C47H34N2O/c1-47-40-17-6-8-19-42(40)48(33-25-26-38-37-15-5-9-20-43(37)50-44(38)29-33)45(47)28-27-39-36-14-4-7-18-41(36)49(46(39)47)32-23-21-31(22-24-32)35-16-10-12-30-11-2-3-13-34(30)35/h2-5,7-16,18-29,45H,6,17H2,1H3. The molecule has 238 valence electrons. The molecule has 0 radical (unpaired) electrons. The summed E-state index contributed by atoms with van der Waals surface area (Å²) in [4.78, 5) is 2.57. The Kier molecular flexibility index (Phi) is 5.70. The molecule has 11 rings (SSSR count). The highest BCUT2D eigenvalue weighted by molar-refractivity contribution is 6.06. The Balaban J connectivity index is 1.10. The van der Waals surface area contributed by atoms with Crippen LogP contribution >= 0.6 is 0 Å². The largest absolute Gasteiger partial charge is 0.456 e. The zero-order valence-corrected chi connectivity index (χ0v) is 27.8. The predicted octanol–water partition coefficient (Wildman–Crippen LogP) is 12.1. The smallest absolute Gasteiger partial charge is 0.137 e. The van der Waals surface area contributed by atoms with Crippen molar-refractivity contribution in [1.29, 1.82) is 0 Å². The molecule has 3 aliphatic rings.